The van der Waals surface area contributed by atoms with Crippen LogP contribution in [0.2, 0.25) is 0 Å². The Hall–Kier alpha value is -5.31. The van der Waals surface area contributed by atoms with E-state index in [1.807, 2.05) is 0 Å². The van der Waals surface area contributed by atoms with Gasteiger partial charge in [0.15, 0.2) is 17.5 Å². The number of aryl methyl sites for hydroxylation is 1. The fourth-order valence-corrected chi connectivity index (χ4v) is 4.59. The average Bonchev–Trinajstić information content (AvgIpc) is 2.94. The van der Waals surface area contributed by atoms with Crippen molar-refractivity contribution in [1.82, 2.24) is 0 Å². The van der Waals surface area contributed by atoms with Crippen molar-refractivity contribution in [1.29, 1.82) is 0 Å². The van der Waals surface area contributed by atoms with Crippen LogP contribution in [0, 0.1) is 71.1 Å². The van der Waals surface area contributed by atoms with E-state index in [9.17, 15) is 48.3 Å². The smallest absolute Gasteiger partial charge is 0.429 e. The van der Waals surface area contributed by atoms with Crippen molar-refractivity contribution < 1.29 is 53.0 Å². The van der Waals surface area contributed by atoms with Crippen molar-refractivity contribution in [2.45, 2.75) is 13.0 Å². The quantitative estimate of drug-likeness (QED) is 0.105. The van der Waals surface area contributed by atoms with Crippen LogP contribution in [0.25, 0.3) is 22.3 Å². The molecule has 5 rings (SSSR count). The van der Waals surface area contributed by atoms with E-state index in [1.54, 1.807) is 0 Å². The third-order valence-electron chi connectivity index (χ3n) is 6.67. The van der Waals surface area contributed by atoms with Gasteiger partial charge in [0.2, 0.25) is 0 Å². The summed E-state index contributed by atoms with van der Waals surface area (Å²) in [5, 5.41) is 0. The summed E-state index contributed by atoms with van der Waals surface area (Å²) in [5.41, 5.74) is -4.84. The largest absolute Gasteiger partial charge is 0.432 e. The van der Waals surface area contributed by atoms with Crippen LogP contribution in [0.15, 0.2) is 72.8 Å². The van der Waals surface area contributed by atoms with Crippen molar-refractivity contribution in [2.75, 3.05) is 0 Å². The van der Waals surface area contributed by atoms with Gasteiger partial charge in [0.05, 0.1) is 11.1 Å². The van der Waals surface area contributed by atoms with Crippen LogP contribution < -0.4 is 4.74 Å². The molecule has 12 heteroatoms. The Labute approximate surface area is 253 Å². The molecule has 0 unspecified atom stereocenters. The van der Waals surface area contributed by atoms with Gasteiger partial charge in [0, 0.05) is 17.2 Å². The molecule has 0 aliphatic rings. The summed E-state index contributed by atoms with van der Waals surface area (Å²) in [5.74, 6) is -9.78. The van der Waals surface area contributed by atoms with Gasteiger partial charge in [-0.15, -0.1) is 0 Å². The second kappa shape index (κ2) is 12.2. The molecule has 46 heavy (non-hydrogen) atoms. The first-order valence-electron chi connectivity index (χ1n) is 12.9. The number of hydrogen-bond acceptors (Lipinski definition) is 1. The fourth-order valence-electron chi connectivity index (χ4n) is 4.59. The second-order valence-electron chi connectivity index (χ2n) is 9.83. The molecule has 0 aliphatic carbocycles. The number of alkyl halides is 2. The number of ether oxygens (including phenoxy) is 1. The van der Waals surface area contributed by atoms with Crippen LogP contribution in [0.4, 0.5) is 48.3 Å². The van der Waals surface area contributed by atoms with Crippen LogP contribution in [-0.4, -0.2) is 0 Å². The fraction of sp³-hybridized carbons (Fsp3) is 0.0588. The zero-order valence-corrected chi connectivity index (χ0v) is 23.0. The average molecular weight is 648 g/mol. The minimum Gasteiger partial charge on any atom is -0.429 e. The van der Waals surface area contributed by atoms with Crippen molar-refractivity contribution in [3.63, 3.8) is 0 Å². The highest BCUT2D eigenvalue weighted by Gasteiger charge is 2.41. The van der Waals surface area contributed by atoms with Gasteiger partial charge in [-0.3, -0.25) is 0 Å². The van der Waals surface area contributed by atoms with Crippen molar-refractivity contribution >= 4 is 0 Å². The normalized spacial score (nSPS) is 11.3. The van der Waals surface area contributed by atoms with E-state index in [-0.39, 0.29) is 22.3 Å². The van der Waals surface area contributed by atoms with E-state index in [1.165, 1.54) is 25.1 Å². The molecule has 0 aliphatic heterocycles. The summed E-state index contributed by atoms with van der Waals surface area (Å²) in [7, 11) is 0. The highest BCUT2D eigenvalue weighted by Crippen LogP contribution is 2.38. The summed E-state index contributed by atoms with van der Waals surface area (Å²) in [6.45, 7) is 1.21. The summed E-state index contributed by atoms with van der Waals surface area (Å²) < 4.78 is 163. The topological polar surface area (TPSA) is 9.23 Å². The highest BCUT2D eigenvalue weighted by atomic mass is 19.3. The summed E-state index contributed by atoms with van der Waals surface area (Å²) in [6, 6.07) is 9.30. The Balaban J connectivity index is 1.41. The molecule has 0 N–H and O–H groups in total. The third-order valence-corrected chi connectivity index (χ3v) is 6.67. The number of hydrogen-bond donors (Lipinski definition) is 0. The highest BCUT2D eigenvalue weighted by molar-refractivity contribution is 5.67. The van der Waals surface area contributed by atoms with Gasteiger partial charge in [0.1, 0.15) is 46.2 Å². The monoisotopic (exact) mass is 648 g/mol. The van der Waals surface area contributed by atoms with Gasteiger partial charge >= 0.3 is 6.11 Å². The molecule has 234 valence electrons. The maximum Gasteiger partial charge on any atom is 0.432 e. The van der Waals surface area contributed by atoms with E-state index >= 15 is 0 Å². The standard InChI is InChI=1S/C34H15F11O/c1-16-8-20(46-34(44,45)32-27(39)11-18(12-28(32)40)22-4-2-3-5-23(22)35)15-24(36)21(16)7-6-17-9-25(37)31(26(38)10-17)19-13-29(41)33(43)30(42)14-19/h2-5,8-15H,1H3. The molecule has 1 nitrogen and oxygen atoms in total. The zero-order chi connectivity index (χ0) is 33.5. The van der Waals surface area contributed by atoms with Gasteiger partial charge in [-0.1, -0.05) is 30.0 Å². The van der Waals surface area contributed by atoms with E-state index in [4.69, 9.17) is 0 Å². The lowest BCUT2D eigenvalue weighted by molar-refractivity contribution is -0.189. The van der Waals surface area contributed by atoms with E-state index in [2.05, 4.69) is 16.6 Å². The summed E-state index contributed by atoms with van der Waals surface area (Å²) >= 11 is 0. The van der Waals surface area contributed by atoms with Crippen molar-refractivity contribution in [3.8, 4) is 39.8 Å². The molecule has 0 fully saturated rings. The predicted octanol–water partition coefficient (Wildman–Crippen LogP) is 10.1. The van der Waals surface area contributed by atoms with Gasteiger partial charge in [-0.05, 0) is 72.1 Å². The van der Waals surface area contributed by atoms with Crippen LogP contribution in [0.5, 0.6) is 5.75 Å². The lowest BCUT2D eigenvalue weighted by atomic mass is 10.0. The first-order chi connectivity index (χ1) is 21.7. The Bertz CT molecular complexity index is 1980. The molecular weight excluding hydrogens is 633 g/mol. The maximum atomic E-state index is 14.9. The van der Waals surface area contributed by atoms with Gasteiger partial charge in [0.25, 0.3) is 0 Å². The Kier molecular flexibility index (Phi) is 8.54. The van der Waals surface area contributed by atoms with E-state index < -0.39 is 86.5 Å². The van der Waals surface area contributed by atoms with E-state index in [0.717, 1.165) is 12.1 Å². The van der Waals surface area contributed by atoms with Crippen LogP contribution >= 0.6 is 0 Å². The lowest BCUT2D eigenvalue weighted by Gasteiger charge is -2.20. The molecule has 0 saturated carbocycles. The molecule has 0 radical (unpaired) electrons. The molecule has 5 aromatic rings. The molecule has 0 atom stereocenters. The second-order valence-corrected chi connectivity index (χ2v) is 9.83. The van der Waals surface area contributed by atoms with Crippen molar-refractivity contribution in [3.05, 3.63) is 147 Å². The third kappa shape index (κ3) is 6.26. The van der Waals surface area contributed by atoms with Crippen LogP contribution in [0.3, 0.4) is 0 Å². The SMILES string of the molecule is Cc1cc(OC(F)(F)c2c(F)cc(-c3ccccc3F)cc2F)cc(F)c1C#Cc1cc(F)c(-c2cc(F)c(F)c(F)c2)c(F)c1. The summed E-state index contributed by atoms with van der Waals surface area (Å²) in [4.78, 5) is 0. The van der Waals surface area contributed by atoms with Crippen molar-refractivity contribution in [2.24, 2.45) is 0 Å². The van der Waals surface area contributed by atoms with Crippen LogP contribution in [0.1, 0.15) is 22.3 Å². The molecule has 0 saturated heterocycles. The molecule has 0 amide bonds. The molecule has 0 aromatic heterocycles. The Morgan fingerprint density at radius 3 is 1.70 bits per heavy atom. The lowest BCUT2D eigenvalue weighted by Crippen LogP contribution is -2.25. The summed E-state index contributed by atoms with van der Waals surface area (Å²) in [6.07, 6.45) is -4.67. The van der Waals surface area contributed by atoms with Crippen LogP contribution in [-0.2, 0) is 6.11 Å². The molecule has 0 spiro atoms. The van der Waals surface area contributed by atoms with Gasteiger partial charge < -0.3 is 4.74 Å². The molecule has 5 aromatic carbocycles. The predicted molar refractivity (Wildman–Crippen MR) is 145 cm³/mol. The number of halogens is 11. The molecule has 0 heterocycles. The van der Waals surface area contributed by atoms with Gasteiger partial charge in [-0.2, -0.15) is 8.78 Å². The molecular formula is C34H15F11O. The minimum atomic E-state index is -4.67. The first kappa shape index (κ1) is 32.1. The van der Waals surface area contributed by atoms with E-state index in [0.29, 0.717) is 42.5 Å². The van der Waals surface area contributed by atoms with Gasteiger partial charge in [-0.25, -0.2) is 39.5 Å². The zero-order valence-electron chi connectivity index (χ0n) is 23.0. The molecule has 0 bridgehead atoms. The first-order valence-corrected chi connectivity index (χ1v) is 12.9. The Morgan fingerprint density at radius 2 is 1.13 bits per heavy atom. The Morgan fingerprint density at radius 1 is 0.565 bits per heavy atom. The number of rotatable bonds is 5. The number of benzene rings is 5. The minimum absolute atomic E-state index is 0.121. The maximum absolute atomic E-state index is 14.9.